The van der Waals surface area contributed by atoms with Crippen LogP contribution in [-0.4, -0.2) is 32.1 Å². The van der Waals surface area contributed by atoms with Crippen molar-refractivity contribution < 1.29 is 28.5 Å². The molecule has 0 spiro atoms. The quantitative estimate of drug-likeness (QED) is 0.274. The van der Waals surface area contributed by atoms with Gasteiger partial charge in [0, 0.05) is 5.02 Å². The molecule has 172 valence electrons. The lowest BCUT2D eigenvalue weighted by Crippen LogP contribution is -2.09. The van der Waals surface area contributed by atoms with E-state index in [2.05, 4.69) is 4.99 Å². The zero-order valence-corrected chi connectivity index (χ0v) is 19.4. The fourth-order valence-corrected chi connectivity index (χ4v) is 3.41. The average Bonchev–Trinajstić information content (AvgIpc) is 3.20. The van der Waals surface area contributed by atoms with Gasteiger partial charge in [0.05, 0.1) is 25.3 Å². The van der Waals surface area contributed by atoms with Gasteiger partial charge in [0.2, 0.25) is 5.90 Å². The number of aryl methyl sites for hydroxylation is 1. The Bertz CT molecular complexity index is 1330. The lowest BCUT2D eigenvalue weighted by atomic mass is 10.1. The van der Waals surface area contributed by atoms with Gasteiger partial charge in [-0.3, -0.25) is 0 Å². The zero-order valence-electron chi connectivity index (χ0n) is 18.6. The number of cyclic esters (lactones) is 1. The number of ether oxygens (including phenoxy) is 4. The first-order valence-corrected chi connectivity index (χ1v) is 10.6. The molecule has 0 amide bonds. The number of hydrogen-bond acceptors (Lipinski definition) is 7. The minimum absolute atomic E-state index is 0.0866. The third-order valence-corrected chi connectivity index (χ3v) is 5.23. The largest absolute Gasteiger partial charge is 0.496 e. The highest BCUT2D eigenvalue weighted by molar-refractivity contribution is 6.31. The summed E-state index contributed by atoms with van der Waals surface area (Å²) in [6, 6.07) is 16.9. The van der Waals surface area contributed by atoms with Crippen molar-refractivity contribution in [3.63, 3.8) is 0 Å². The van der Waals surface area contributed by atoms with Crippen LogP contribution in [0.4, 0.5) is 0 Å². The predicted octanol–water partition coefficient (Wildman–Crippen LogP) is 5.23. The number of methoxy groups -OCH3 is 2. The SMILES string of the molecule is COc1cc(/C=C2\N=C(c3cc(Cl)ccc3OC)OC2=O)ccc1OC(=O)c1ccc(C)cc1. The van der Waals surface area contributed by atoms with Gasteiger partial charge in [0.1, 0.15) is 5.75 Å². The van der Waals surface area contributed by atoms with E-state index in [0.29, 0.717) is 33.2 Å². The Labute approximate surface area is 201 Å². The number of benzene rings is 3. The van der Waals surface area contributed by atoms with Crippen molar-refractivity contribution in [3.8, 4) is 17.2 Å². The van der Waals surface area contributed by atoms with Gasteiger partial charge in [-0.25, -0.2) is 14.6 Å². The molecule has 0 radical (unpaired) electrons. The zero-order chi connectivity index (χ0) is 24.2. The fourth-order valence-electron chi connectivity index (χ4n) is 3.24. The van der Waals surface area contributed by atoms with Crippen LogP contribution in [0.2, 0.25) is 5.02 Å². The Morgan fingerprint density at radius 2 is 1.65 bits per heavy atom. The standard InChI is InChI=1S/C26H20ClNO6/c1-15-4-7-17(8-5-15)25(29)33-22-10-6-16(13-23(22)32-3)12-20-26(30)34-24(28-20)19-14-18(27)9-11-21(19)31-2/h4-14H,1-3H3/b20-12-. The molecule has 0 aliphatic carbocycles. The molecule has 0 atom stereocenters. The van der Waals surface area contributed by atoms with Gasteiger partial charge in [0.15, 0.2) is 17.2 Å². The number of hydrogen-bond donors (Lipinski definition) is 0. The lowest BCUT2D eigenvalue weighted by molar-refractivity contribution is -0.129. The van der Waals surface area contributed by atoms with Crippen LogP contribution >= 0.6 is 11.6 Å². The van der Waals surface area contributed by atoms with E-state index in [9.17, 15) is 9.59 Å². The van der Waals surface area contributed by atoms with Crippen LogP contribution in [0, 0.1) is 6.92 Å². The highest BCUT2D eigenvalue weighted by Crippen LogP contribution is 2.31. The minimum atomic E-state index is -0.620. The normalized spacial score (nSPS) is 13.9. The van der Waals surface area contributed by atoms with Gasteiger partial charge in [0.25, 0.3) is 0 Å². The molecule has 0 fully saturated rings. The molecule has 3 aromatic carbocycles. The van der Waals surface area contributed by atoms with Crippen molar-refractivity contribution >= 4 is 35.5 Å². The molecule has 0 bridgehead atoms. The molecule has 4 rings (SSSR count). The van der Waals surface area contributed by atoms with E-state index in [1.54, 1.807) is 54.6 Å². The molecule has 7 nitrogen and oxygen atoms in total. The Morgan fingerprint density at radius 1 is 0.941 bits per heavy atom. The summed E-state index contributed by atoms with van der Waals surface area (Å²) in [4.78, 5) is 29.2. The van der Waals surface area contributed by atoms with Gasteiger partial charge in [-0.15, -0.1) is 0 Å². The molecular formula is C26H20ClNO6. The summed E-state index contributed by atoms with van der Waals surface area (Å²) in [6.07, 6.45) is 1.54. The van der Waals surface area contributed by atoms with Gasteiger partial charge in [-0.1, -0.05) is 35.4 Å². The Morgan fingerprint density at radius 3 is 2.35 bits per heavy atom. The van der Waals surface area contributed by atoms with E-state index in [-0.39, 0.29) is 17.3 Å². The summed E-state index contributed by atoms with van der Waals surface area (Å²) in [5, 5.41) is 0.451. The molecule has 1 aliphatic heterocycles. The van der Waals surface area contributed by atoms with Crippen molar-refractivity contribution in [3.05, 3.63) is 93.6 Å². The Kier molecular flexibility index (Phi) is 6.65. The summed E-state index contributed by atoms with van der Waals surface area (Å²) in [5.74, 6) is 0.00292. The Balaban J connectivity index is 1.59. The maximum absolute atomic E-state index is 12.5. The van der Waals surface area contributed by atoms with Crippen molar-refractivity contribution in [1.29, 1.82) is 0 Å². The smallest absolute Gasteiger partial charge is 0.363 e. The topological polar surface area (TPSA) is 83.4 Å². The van der Waals surface area contributed by atoms with E-state index in [0.717, 1.165) is 5.56 Å². The monoisotopic (exact) mass is 477 g/mol. The molecule has 0 saturated heterocycles. The second kappa shape index (κ2) is 9.80. The van der Waals surface area contributed by atoms with Crippen molar-refractivity contribution in [1.82, 2.24) is 0 Å². The maximum atomic E-state index is 12.5. The number of nitrogens with zero attached hydrogens (tertiary/aromatic N) is 1. The summed E-state index contributed by atoms with van der Waals surface area (Å²) in [6.45, 7) is 1.93. The van der Waals surface area contributed by atoms with Crippen LogP contribution in [-0.2, 0) is 9.53 Å². The average molecular weight is 478 g/mol. The minimum Gasteiger partial charge on any atom is -0.496 e. The van der Waals surface area contributed by atoms with E-state index < -0.39 is 11.9 Å². The molecule has 1 aliphatic rings. The molecule has 0 aromatic heterocycles. The molecule has 0 saturated carbocycles. The number of carbonyl (C=O) groups is 2. The molecule has 0 unspecified atom stereocenters. The first kappa shape index (κ1) is 23.1. The number of carbonyl (C=O) groups excluding carboxylic acids is 2. The second-order valence-corrected chi connectivity index (χ2v) is 7.78. The van der Waals surface area contributed by atoms with Gasteiger partial charge < -0.3 is 18.9 Å². The second-order valence-electron chi connectivity index (χ2n) is 7.35. The summed E-state index contributed by atoms with van der Waals surface area (Å²) in [5.41, 5.74) is 2.61. The summed E-state index contributed by atoms with van der Waals surface area (Å²) in [7, 11) is 2.96. The Hall–Kier alpha value is -4.10. The summed E-state index contributed by atoms with van der Waals surface area (Å²) >= 11 is 6.07. The molecule has 8 heteroatoms. The highest BCUT2D eigenvalue weighted by Gasteiger charge is 2.26. The lowest BCUT2D eigenvalue weighted by Gasteiger charge is -2.10. The molecule has 34 heavy (non-hydrogen) atoms. The molecule has 0 N–H and O–H groups in total. The number of esters is 2. The van der Waals surface area contributed by atoms with Crippen molar-refractivity contribution in [2.45, 2.75) is 6.92 Å². The van der Waals surface area contributed by atoms with Crippen LogP contribution in [0.3, 0.4) is 0 Å². The van der Waals surface area contributed by atoms with Crippen LogP contribution in [0.15, 0.2) is 71.4 Å². The third kappa shape index (κ3) is 4.94. The van der Waals surface area contributed by atoms with Crippen molar-refractivity contribution in [2.75, 3.05) is 14.2 Å². The van der Waals surface area contributed by atoms with E-state index in [4.69, 9.17) is 30.5 Å². The highest BCUT2D eigenvalue weighted by atomic mass is 35.5. The van der Waals surface area contributed by atoms with Gasteiger partial charge in [-0.2, -0.15) is 0 Å². The predicted molar refractivity (Wildman–Crippen MR) is 128 cm³/mol. The van der Waals surface area contributed by atoms with Crippen LogP contribution in [0.1, 0.15) is 27.0 Å². The van der Waals surface area contributed by atoms with E-state index >= 15 is 0 Å². The fraction of sp³-hybridized carbons (Fsp3) is 0.115. The maximum Gasteiger partial charge on any atom is 0.363 e. The number of halogens is 1. The number of rotatable bonds is 6. The van der Waals surface area contributed by atoms with Gasteiger partial charge in [-0.05, 0) is 61.0 Å². The molecule has 1 heterocycles. The first-order chi connectivity index (χ1) is 16.4. The van der Waals surface area contributed by atoms with Crippen LogP contribution in [0.5, 0.6) is 17.2 Å². The van der Waals surface area contributed by atoms with Crippen LogP contribution < -0.4 is 14.2 Å². The number of aliphatic imine (C=N–C) groups is 1. The van der Waals surface area contributed by atoms with Crippen molar-refractivity contribution in [2.24, 2.45) is 4.99 Å². The van der Waals surface area contributed by atoms with Gasteiger partial charge >= 0.3 is 11.9 Å². The third-order valence-electron chi connectivity index (χ3n) is 4.99. The van der Waals surface area contributed by atoms with E-state index in [1.807, 2.05) is 19.1 Å². The first-order valence-electron chi connectivity index (χ1n) is 10.2. The molecular weight excluding hydrogens is 458 g/mol. The summed E-state index contributed by atoms with van der Waals surface area (Å²) < 4.78 is 21.5. The van der Waals surface area contributed by atoms with E-state index in [1.165, 1.54) is 14.2 Å². The van der Waals surface area contributed by atoms with Crippen LogP contribution in [0.25, 0.3) is 6.08 Å². The molecule has 3 aromatic rings.